The van der Waals surface area contributed by atoms with Crippen molar-refractivity contribution in [3.05, 3.63) is 51.4 Å². The van der Waals surface area contributed by atoms with Gasteiger partial charge in [0.1, 0.15) is 5.58 Å². The minimum atomic E-state index is -1.42. The van der Waals surface area contributed by atoms with E-state index in [2.05, 4.69) is 10.6 Å². The van der Waals surface area contributed by atoms with Crippen molar-refractivity contribution < 1.29 is 28.6 Å². The molecule has 0 bridgehead atoms. The highest BCUT2D eigenvalue weighted by atomic mass is 32.1. The fourth-order valence-corrected chi connectivity index (χ4v) is 4.90. The zero-order valence-corrected chi connectivity index (χ0v) is 18.3. The lowest BCUT2D eigenvalue weighted by molar-refractivity contribution is -0.119. The number of anilines is 1. The molecule has 164 valence electrons. The van der Waals surface area contributed by atoms with Crippen LogP contribution in [-0.2, 0) is 9.47 Å². The SMILES string of the molecule is COCC1(NC(O)C(=O)c2sc(C)c(C(=O)Nc3ccc4occc4c3)c2C)COC1. The molecule has 9 heteroatoms. The molecule has 0 spiro atoms. The molecule has 1 aliphatic rings. The molecule has 1 saturated heterocycles. The number of benzene rings is 1. The second-order valence-corrected chi connectivity index (χ2v) is 8.96. The summed E-state index contributed by atoms with van der Waals surface area (Å²) in [5, 5.41) is 17.2. The number of rotatable bonds is 8. The van der Waals surface area contributed by atoms with Gasteiger partial charge in [0.2, 0.25) is 5.78 Å². The Labute approximate surface area is 183 Å². The molecule has 0 aliphatic carbocycles. The number of furan rings is 1. The predicted octanol–water partition coefficient (Wildman–Crippen LogP) is 2.87. The molecule has 31 heavy (non-hydrogen) atoms. The first-order chi connectivity index (χ1) is 14.8. The predicted molar refractivity (Wildman–Crippen MR) is 117 cm³/mol. The molecule has 3 N–H and O–H groups in total. The molecule has 1 amide bonds. The number of ether oxygens (including phenoxy) is 2. The number of thiophene rings is 1. The van der Waals surface area contributed by atoms with Crippen LogP contribution in [0.5, 0.6) is 0 Å². The average molecular weight is 445 g/mol. The number of aliphatic hydroxyl groups is 1. The molecule has 0 saturated carbocycles. The lowest BCUT2D eigenvalue weighted by Crippen LogP contribution is -2.66. The summed E-state index contributed by atoms with van der Waals surface area (Å²) in [6, 6.07) is 7.19. The molecule has 1 unspecified atom stereocenters. The van der Waals surface area contributed by atoms with Crippen LogP contribution in [0.1, 0.15) is 30.5 Å². The van der Waals surface area contributed by atoms with E-state index in [-0.39, 0.29) is 5.91 Å². The van der Waals surface area contributed by atoms with E-state index in [1.807, 2.05) is 12.1 Å². The Bertz CT molecular complexity index is 1130. The Morgan fingerprint density at radius 3 is 2.74 bits per heavy atom. The van der Waals surface area contributed by atoms with Crippen molar-refractivity contribution in [2.24, 2.45) is 0 Å². The zero-order chi connectivity index (χ0) is 22.2. The third-order valence-electron chi connectivity index (χ3n) is 5.35. The van der Waals surface area contributed by atoms with Gasteiger partial charge in [-0.05, 0) is 43.7 Å². The molecule has 3 aromatic rings. The summed E-state index contributed by atoms with van der Waals surface area (Å²) < 4.78 is 15.7. The van der Waals surface area contributed by atoms with Crippen LogP contribution in [0, 0.1) is 13.8 Å². The molecule has 1 aromatic carbocycles. The van der Waals surface area contributed by atoms with Gasteiger partial charge in [0.25, 0.3) is 5.91 Å². The molecule has 1 fully saturated rings. The summed E-state index contributed by atoms with van der Waals surface area (Å²) >= 11 is 1.20. The van der Waals surface area contributed by atoms with E-state index >= 15 is 0 Å². The fraction of sp³-hybridized carbons (Fsp3) is 0.364. The number of aryl methyl sites for hydroxylation is 1. The lowest BCUT2D eigenvalue weighted by Gasteiger charge is -2.42. The number of ketones is 1. The quantitative estimate of drug-likeness (QED) is 0.362. The van der Waals surface area contributed by atoms with Gasteiger partial charge in [-0.2, -0.15) is 0 Å². The van der Waals surface area contributed by atoms with Crippen molar-refractivity contribution >= 4 is 39.7 Å². The standard InChI is InChI=1S/C22H24N2O6S/c1-12-17(20(26)23-15-4-5-16-14(8-15)6-7-30-16)13(2)31-19(12)18(25)21(27)24-22(9-28-3)10-29-11-22/h4-8,21,24,27H,9-11H2,1-3H3,(H,23,26). The van der Waals surface area contributed by atoms with Crippen LogP contribution in [-0.4, -0.2) is 55.5 Å². The summed E-state index contributed by atoms with van der Waals surface area (Å²) in [5.41, 5.74) is 1.76. The molecule has 1 aliphatic heterocycles. The Kier molecular flexibility index (Phi) is 5.96. The highest BCUT2D eigenvalue weighted by Crippen LogP contribution is 2.30. The smallest absolute Gasteiger partial charge is 0.257 e. The van der Waals surface area contributed by atoms with Crippen LogP contribution in [0.15, 0.2) is 34.9 Å². The summed E-state index contributed by atoms with van der Waals surface area (Å²) in [6.45, 7) is 4.52. The number of amides is 1. The summed E-state index contributed by atoms with van der Waals surface area (Å²) in [5.74, 6) is -0.786. The number of fused-ring (bicyclic) bond motifs is 1. The van der Waals surface area contributed by atoms with E-state index in [0.717, 1.165) is 11.0 Å². The largest absolute Gasteiger partial charge is 0.464 e. The molecule has 2 aromatic heterocycles. The van der Waals surface area contributed by atoms with Gasteiger partial charge in [0.15, 0.2) is 6.23 Å². The maximum atomic E-state index is 13.0. The second-order valence-electron chi connectivity index (χ2n) is 7.73. The Morgan fingerprint density at radius 1 is 1.29 bits per heavy atom. The maximum Gasteiger partial charge on any atom is 0.257 e. The Hall–Kier alpha value is -2.56. The van der Waals surface area contributed by atoms with Crippen molar-refractivity contribution in [2.75, 3.05) is 32.2 Å². The number of Topliss-reactive ketones (excluding diaryl/α,β-unsaturated/α-hetero) is 1. The van der Waals surface area contributed by atoms with Gasteiger partial charge in [-0.3, -0.25) is 14.9 Å². The highest BCUT2D eigenvalue weighted by Gasteiger charge is 2.42. The number of carbonyl (C=O) groups excluding carboxylic acids is 2. The van der Waals surface area contributed by atoms with Crippen molar-refractivity contribution in [3.8, 4) is 0 Å². The first-order valence-electron chi connectivity index (χ1n) is 9.79. The van der Waals surface area contributed by atoms with E-state index < -0.39 is 17.6 Å². The van der Waals surface area contributed by atoms with Gasteiger partial charge in [-0.25, -0.2) is 0 Å². The van der Waals surface area contributed by atoms with Gasteiger partial charge < -0.3 is 24.3 Å². The van der Waals surface area contributed by atoms with Crippen LogP contribution in [0.2, 0.25) is 0 Å². The summed E-state index contributed by atoms with van der Waals surface area (Å²) in [6.07, 6.45) is 0.169. The summed E-state index contributed by atoms with van der Waals surface area (Å²) in [4.78, 5) is 26.9. The van der Waals surface area contributed by atoms with Gasteiger partial charge in [0, 0.05) is 23.1 Å². The van der Waals surface area contributed by atoms with E-state index in [0.29, 0.717) is 46.4 Å². The third-order valence-corrected chi connectivity index (χ3v) is 6.57. The van der Waals surface area contributed by atoms with Gasteiger partial charge in [-0.1, -0.05) is 0 Å². The van der Waals surface area contributed by atoms with Crippen LogP contribution in [0.25, 0.3) is 11.0 Å². The number of aliphatic hydroxyl groups excluding tert-OH is 1. The fourth-order valence-electron chi connectivity index (χ4n) is 3.77. The normalized spacial score (nSPS) is 16.1. The van der Waals surface area contributed by atoms with E-state index in [4.69, 9.17) is 13.9 Å². The van der Waals surface area contributed by atoms with Gasteiger partial charge in [0.05, 0.1) is 42.1 Å². The number of methoxy groups -OCH3 is 1. The van der Waals surface area contributed by atoms with Gasteiger partial charge >= 0.3 is 0 Å². The molecule has 8 nitrogen and oxygen atoms in total. The van der Waals surface area contributed by atoms with Crippen LogP contribution in [0.4, 0.5) is 5.69 Å². The summed E-state index contributed by atoms with van der Waals surface area (Å²) in [7, 11) is 1.55. The minimum Gasteiger partial charge on any atom is -0.464 e. The zero-order valence-electron chi connectivity index (χ0n) is 17.5. The first-order valence-corrected chi connectivity index (χ1v) is 10.6. The van der Waals surface area contributed by atoms with Gasteiger partial charge in [-0.15, -0.1) is 11.3 Å². The topological polar surface area (TPSA) is 110 Å². The third kappa shape index (κ3) is 4.15. The highest BCUT2D eigenvalue weighted by molar-refractivity contribution is 7.14. The molecular weight excluding hydrogens is 420 g/mol. The van der Waals surface area contributed by atoms with E-state index in [9.17, 15) is 14.7 Å². The van der Waals surface area contributed by atoms with Crippen LogP contribution >= 0.6 is 11.3 Å². The molecule has 1 atom stereocenters. The molecule has 3 heterocycles. The maximum absolute atomic E-state index is 13.0. The number of hydrogen-bond acceptors (Lipinski definition) is 8. The second kappa shape index (κ2) is 8.52. The van der Waals surface area contributed by atoms with Crippen molar-refractivity contribution in [3.63, 3.8) is 0 Å². The Balaban J connectivity index is 1.52. The van der Waals surface area contributed by atoms with Crippen molar-refractivity contribution in [2.45, 2.75) is 25.6 Å². The molecule has 0 radical (unpaired) electrons. The number of carbonyl (C=O) groups is 2. The van der Waals surface area contributed by atoms with Crippen LogP contribution in [0.3, 0.4) is 0 Å². The Morgan fingerprint density at radius 2 is 2.06 bits per heavy atom. The van der Waals surface area contributed by atoms with Crippen molar-refractivity contribution in [1.29, 1.82) is 0 Å². The van der Waals surface area contributed by atoms with Crippen LogP contribution < -0.4 is 10.6 Å². The lowest BCUT2D eigenvalue weighted by atomic mass is 9.97. The van der Waals surface area contributed by atoms with E-state index in [1.54, 1.807) is 39.4 Å². The number of nitrogens with one attached hydrogen (secondary N) is 2. The molecular formula is C22H24N2O6S. The molecule has 4 rings (SSSR count). The minimum absolute atomic E-state index is 0.307. The number of hydrogen-bond donors (Lipinski definition) is 3. The monoisotopic (exact) mass is 444 g/mol. The first kappa shape index (κ1) is 21.7. The average Bonchev–Trinajstić information content (AvgIpc) is 3.29. The van der Waals surface area contributed by atoms with E-state index in [1.165, 1.54) is 11.3 Å². The van der Waals surface area contributed by atoms with Crippen molar-refractivity contribution in [1.82, 2.24) is 5.32 Å².